The molecule has 1 heterocycles. The number of hydrogen-bond acceptors (Lipinski definition) is 5. The first-order valence-electron chi connectivity index (χ1n) is 6.95. The van der Waals surface area contributed by atoms with Crippen LogP contribution in [0.3, 0.4) is 0 Å². The molecule has 6 nitrogen and oxygen atoms in total. The number of hydrogen-bond donors (Lipinski definition) is 2. The number of aliphatic hydroxyl groups excluding tert-OH is 1. The Kier molecular flexibility index (Phi) is 7.05. The molecule has 1 aromatic rings. The quantitative estimate of drug-likeness (QED) is 0.535. The minimum Gasteiger partial charge on any atom is -0.394 e. The SMILES string of the molecule is CC(CO)Nc1cnn(COCC[Si](C)(C)C)c(=O)c1Br. The zero-order valence-corrected chi connectivity index (χ0v) is 15.6. The molecule has 0 saturated heterocycles. The fourth-order valence-corrected chi connectivity index (χ4v) is 2.68. The van der Waals surface area contributed by atoms with E-state index in [-0.39, 0.29) is 24.9 Å². The van der Waals surface area contributed by atoms with Crippen molar-refractivity contribution in [3.63, 3.8) is 0 Å². The van der Waals surface area contributed by atoms with Crippen molar-refractivity contribution >= 4 is 29.7 Å². The molecule has 0 aliphatic carbocycles. The monoisotopic (exact) mass is 377 g/mol. The zero-order chi connectivity index (χ0) is 16.0. The first kappa shape index (κ1) is 18.3. The molecule has 0 fully saturated rings. The smallest absolute Gasteiger partial charge is 0.285 e. The van der Waals surface area contributed by atoms with E-state index in [2.05, 4.69) is 46.0 Å². The lowest BCUT2D eigenvalue weighted by Crippen LogP contribution is -2.28. The van der Waals surface area contributed by atoms with E-state index in [9.17, 15) is 4.79 Å². The van der Waals surface area contributed by atoms with Crippen LogP contribution >= 0.6 is 15.9 Å². The van der Waals surface area contributed by atoms with Crippen LogP contribution < -0.4 is 10.9 Å². The average molecular weight is 378 g/mol. The molecule has 0 radical (unpaired) electrons. The van der Waals surface area contributed by atoms with E-state index in [4.69, 9.17) is 9.84 Å². The standard InChI is InChI=1S/C13H24BrN3O3Si/c1-10(8-18)16-11-7-15-17(13(19)12(11)14)9-20-5-6-21(2,3)4/h7,10,16,18H,5-6,8-9H2,1-4H3. The maximum Gasteiger partial charge on any atom is 0.285 e. The van der Waals surface area contributed by atoms with Gasteiger partial charge in [0.15, 0.2) is 0 Å². The van der Waals surface area contributed by atoms with Crippen molar-refractivity contribution < 1.29 is 9.84 Å². The molecule has 120 valence electrons. The van der Waals surface area contributed by atoms with Crippen LogP contribution in [0.5, 0.6) is 0 Å². The normalized spacial score (nSPS) is 13.2. The van der Waals surface area contributed by atoms with Gasteiger partial charge in [0.25, 0.3) is 5.56 Å². The second-order valence-electron chi connectivity index (χ2n) is 6.25. The first-order valence-corrected chi connectivity index (χ1v) is 11.5. The lowest BCUT2D eigenvalue weighted by molar-refractivity contribution is 0.0748. The Morgan fingerprint density at radius 2 is 2.19 bits per heavy atom. The van der Waals surface area contributed by atoms with Gasteiger partial charge in [-0.2, -0.15) is 5.10 Å². The Morgan fingerprint density at radius 1 is 1.52 bits per heavy atom. The molecule has 8 heteroatoms. The Balaban J connectivity index is 2.65. The molecule has 0 saturated carbocycles. The fraction of sp³-hybridized carbons (Fsp3) is 0.692. The van der Waals surface area contributed by atoms with Crippen LogP contribution in [0, 0.1) is 0 Å². The average Bonchev–Trinajstić information content (AvgIpc) is 2.40. The number of ether oxygens (including phenoxy) is 1. The fourth-order valence-electron chi connectivity index (χ4n) is 1.50. The van der Waals surface area contributed by atoms with Gasteiger partial charge in [-0.25, -0.2) is 4.68 Å². The van der Waals surface area contributed by atoms with Crippen molar-refractivity contribution in [2.75, 3.05) is 18.5 Å². The molecular formula is C13H24BrN3O3Si. The van der Waals surface area contributed by atoms with Gasteiger partial charge in [0.1, 0.15) is 11.2 Å². The highest BCUT2D eigenvalue weighted by atomic mass is 79.9. The van der Waals surface area contributed by atoms with Gasteiger partial charge in [0.05, 0.1) is 18.5 Å². The number of halogens is 1. The number of rotatable bonds is 8. The topological polar surface area (TPSA) is 76.4 Å². The van der Waals surface area contributed by atoms with E-state index in [0.717, 1.165) is 6.04 Å². The van der Waals surface area contributed by atoms with Gasteiger partial charge in [-0.15, -0.1) is 0 Å². The highest BCUT2D eigenvalue weighted by Gasteiger charge is 2.13. The molecule has 0 aliphatic heterocycles. The molecular weight excluding hydrogens is 354 g/mol. The largest absolute Gasteiger partial charge is 0.394 e. The van der Waals surface area contributed by atoms with Gasteiger partial charge >= 0.3 is 0 Å². The molecule has 21 heavy (non-hydrogen) atoms. The summed E-state index contributed by atoms with van der Waals surface area (Å²) >= 11 is 3.26. The van der Waals surface area contributed by atoms with E-state index in [1.807, 2.05) is 6.92 Å². The molecule has 0 spiro atoms. The minimum absolute atomic E-state index is 0.0185. The predicted molar refractivity (Wildman–Crippen MR) is 90.5 cm³/mol. The highest BCUT2D eigenvalue weighted by molar-refractivity contribution is 9.10. The van der Waals surface area contributed by atoms with Gasteiger partial charge < -0.3 is 15.2 Å². The summed E-state index contributed by atoms with van der Waals surface area (Å²) in [5, 5.41) is 16.1. The van der Waals surface area contributed by atoms with Crippen molar-refractivity contribution in [2.24, 2.45) is 0 Å². The van der Waals surface area contributed by atoms with Crippen LogP contribution in [-0.2, 0) is 11.5 Å². The van der Waals surface area contributed by atoms with Crippen molar-refractivity contribution in [1.29, 1.82) is 0 Å². The molecule has 0 aliphatic rings. The van der Waals surface area contributed by atoms with Crippen molar-refractivity contribution in [1.82, 2.24) is 9.78 Å². The molecule has 2 N–H and O–H groups in total. The summed E-state index contributed by atoms with van der Waals surface area (Å²) in [4.78, 5) is 12.1. The second-order valence-corrected chi connectivity index (χ2v) is 12.7. The van der Waals surface area contributed by atoms with Crippen LogP contribution in [-0.4, -0.2) is 42.2 Å². The van der Waals surface area contributed by atoms with Crippen molar-refractivity contribution in [3.05, 3.63) is 21.0 Å². The third-order valence-electron chi connectivity index (χ3n) is 2.87. The van der Waals surface area contributed by atoms with Gasteiger partial charge in [-0.3, -0.25) is 4.79 Å². The summed E-state index contributed by atoms with van der Waals surface area (Å²) in [6, 6.07) is 0.905. The van der Waals surface area contributed by atoms with Crippen LogP contribution in [0.2, 0.25) is 25.7 Å². The Morgan fingerprint density at radius 3 is 2.76 bits per heavy atom. The maximum atomic E-state index is 12.1. The summed E-state index contributed by atoms with van der Waals surface area (Å²) in [7, 11) is -1.13. The predicted octanol–water partition coefficient (Wildman–Crippen LogP) is 2.11. The van der Waals surface area contributed by atoms with Gasteiger partial charge in [-0.1, -0.05) is 19.6 Å². The van der Waals surface area contributed by atoms with Crippen molar-refractivity contribution in [2.45, 2.75) is 45.4 Å². The van der Waals surface area contributed by atoms with E-state index in [0.29, 0.717) is 16.8 Å². The molecule has 1 unspecified atom stereocenters. The highest BCUT2D eigenvalue weighted by Crippen LogP contribution is 2.17. The second kappa shape index (κ2) is 8.07. The summed E-state index contributed by atoms with van der Waals surface area (Å²) in [6.07, 6.45) is 1.56. The first-order chi connectivity index (χ1) is 9.74. The van der Waals surface area contributed by atoms with Crippen LogP contribution in [0.15, 0.2) is 15.5 Å². The molecule has 1 rings (SSSR count). The Hall–Kier alpha value is -0.703. The van der Waals surface area contributed by atoms with Crippen LogP contribution in [0.1, 0.15) is 6.92 Å². The van der Waals surface area contributed by atoms with Crippen LogP contribution in [0.25, 0.3) is 0 Å². The Labute approximate surface area is 134 Å². The van der Waals surface area contributed by atoms with Crippen molar-refractivity contribution in [3.8, 4) is 0 Å². The zero-order valence-electron chi connectivity index (χ0n) is 13.0. The summed E-state index contributed by atoms with van der Waals surface area (Å²) < 4.78 is 7.20. The minimum atomic E-state index is -1.13. The van der Waals surface area contributed by atoms with E-state index < -0.39 is 8.07 Å². The van der Waals surface area contributed by atoms with Gasteiger partial charge in [0.2, 0.25) is 0 Å². The number of aromatic nitrogens is 2. The third kappa shape index (κ3) is 6.29. The lowest BCUT2D eigenvalue weighted by atomic mass is 10.3. The molecule has 1 aromatic heterocycles. The number of anilines is 1. The summed E-state index contributed by atoms with van der Waals surface area (Å²) in [5.41, 5.74) is 0.318. The van der Waals surface area contributed by atoms with Crippen LogP contribution in [0.4, 0.5) is 5.69 Å². The summed E-state index contributed by atoms with van der Waals surface area (Å²) in [6.45, 7) is 9.42. The molecule has 0 aromatic carbocycles. The van der Waals surface area contributed by atoms with Gasteiger partial charge in [0, 0.05) is 20.7 Å². The Bertz CT molecular complexity index is 516. The summed E-state index contributed by atoms with van der Waals surface area (Å²) in [5.74, 6) is 0. The molecule has 0 amide bonds. The van der Waals surface area contributed by atoms with E-state index in [1.54, 1.807) is 6.20 Å². The number of aliphatic hydroxyl groups is 1. The maximum absolute atomic E-state index is 12.1. The van der Waals surface area contributed by atoms with E-state index >= 15 is 0 Å². The molecule has 1 atom stereocenters. The molecule has 0 bridgehead atoms. The van der Waals surface area contributed by atoms with E-state index in [1.165, 1.54) is 4.68 Å². The third-order valence-corrected chi connectivity index (χ3v) is 5.34. The lowest BCUT2D eigenvalue weighted by Gasteiger charge is -2.16. The van der Waals surface area contributed by atoms with Gasteiger partial charge in [-0.05, 0) is 28.9 Å². The number of nitrogens with zero attached hydrogens (tertiary/aromatic N) is 2. The number of nitrogens with one attached hydrogen (secondary N) is 1.